The first-order chi connectivity index (χ1) is 13.7. The molecule has 2 aliphatic rings. The number of hydrogen-bond acceptors (Lipinski definition) is 6. The normalized spacial score (nSPS) is 20.5. The van der Waals surface area contributed by atoms with Crippen LogP contribution in [0.4, 0.5) is 11.5 Å². The highest BCUT2D eigenvalue weighted by molar-refractivity contribution is 6.17. The van der Waals surface area contributed by atoms with Crippen LogP contribution in [0.25, 0.3) is 0 Å². The minimum absolute atomic E-state index is 0.142. The maximum absolute atomic E-state index is 12.6. The Bertz CT molecular complexity index is 894. The Morgan fingerprint density at radius 3 is 2.86 bits per heavy atom. The van der Waals surface area contributed by atoms with E-state index in [4.69, 9.17) is 26.8 Å². The van der Waals surface area contributed by atoms with Gasteiger partial charge in [0.2, 0.25) is 0 Å². The van der Waals surface area contributed by atoms with Gasteiger partial charge in [-0.1, -0.05) is 6.07 Å². The van der Waals surface area contributed by atoms with Crippen molar-refractivity contribution in [1.82, 2.24) is 9.55 Å². The molecule has 2 heterocycles. The van der Waals surface area contributed by atoms with E-state index in [-0.39, 0.29) is 11.7 Å². The number of hydrogen-bond donors (Lipinski definition) is 2. The van der Waals surface area contributed by atoms with Gasteiger partial charge in [-0.25, -0.2) is 4.79 Å². The third kappa shape index (κ3) is 3.82. The summed E-state index contributed by atoms with van der Waals surface area (Å²) in [7, 11) is 0. The van der Waals surface area contributed by atoms with Crippen LogP contribution < -0.4 is 26.2 Å². The van der Waals surface area contributed by atoms with Gasteiger partial charge in [0, 0.05) is 11.9 Å². The number of anilines is 2. The Kier molecular flexibility index (Phi) is 5.73. The SMILES string of the molecule is NC[C@H]1CC[C@H](n2cc3c(nc2=O)Nc2c(OCCCCl)cccc2O3)CC1. The summed E-state index contributed by atoms with van der Waals surface area (Å²) < 4.78 is 13.5. The maximum atomic E-state index is 12.6. The monoisotopic (exact) mass is 404 g/mol. The van der Waals surface area contributed by atoms with Gasteiger partial charge in [-0.3, -0.25) is 4.57 Å². The van der Waals surface area contributed by atoms with E-state index in [0.29, 0.717) is 53.7 Å². The standard InChI is InChI=1S/C20H25ClN4O3/c21-9-2-10-27-15-3-1-4-16-18(15)23-19-17(28-16)12-25(20(26)24-19)14-7-5-13(11-22)6-8-14/h1,3-4,12-14H,2,5-11,22H2,(H,23,24,26)/t13-,14-. The van der Waals surface area contributed by atoms with Crippen LogP contribution in [0.3, 0.4) is 0 Å². The van der Waals surface area contributed by atoms with Crippen molar-refractivity contribution in [3.63, 3.8) is 0 Å². The molecule has 8 heteroatoms. The molecule has 0 atom stereocenters. The Balaban J connectivity index is 1.57. The van der Waals surface area contributed by atoms with Crippen molar-refractivity contribution in [3.05, 3.63) is 34.9 Å². The second kappa shape index (κ2) is 8.41. The first-order valence-corrected chi connectivity index (χ1v) is 10.3. The fourth-order valence-corrected chi connectivity index (χ4v) is 3.96. The summed E-state index contributed by atoms with van der Waals surface area (Å²) in [4.78, 5) is 16.9. The van der Waals surface area contributed by atoms with Crippen LogP contribution in [-0.4, -0.2) is 28.6 Å². The molecule has 1 aromatic heterocycles. The molecule has 0 spiro atoms. The summed E-state index contributed by atoms with van der Waals surface area (Å²) in [5.41, 5.74) is 6.19. The fraction of sp³-hybridized carbons (Fsp3) is 0.500. The van der Waals surface area contributed by atoms with E-state index in [1.165, 1.54) is 0 Å². The molecule has 0 bridgehead atoms. The zero-order chi connectivity index (χ0) is 19.5. The van der Waals surface area contributed by atoms with Crippen molar-refractivity contribution in [3.8, 4) is 17.2 Å². The average molecular weight is 405 g/mol. The van der Waals surface area contributed by atoms with Gasteiger partial charge < -0.3 is 20.5 Å². The van der Waals surface area contributed by atoms with Crippen molar-refractivity contribution in [2.45, 2.75) is 38.1 Å². The van der Waals surface area contributed by atoms with E-state index in [2.05, 4.69) is 10.3 Å². The van der Waals surface area contributed by atoms with Crippen LogP contribution in [0, 0.1) is 5.92 Å². The largest absolute Gasteiger partial charge is 0.491 e. The van der Waals surface area contributed by atoms with Gasteiger partial charge in [-0.2, -0.15) is 4.98 Å². The molecule has 7 nitrogen and oxygen atoms in total. The lowest BCUT2D eigenvalue weighted by Crippen LogP contribution is -2.31. The fourth-order valence-electron chi connectivity index (χ4n) is 3.85. The Morgan fingerprint density at radius 1 is 1.29 bits per heavy atom. The van der Waals surface area contributed by atoms with E-state index in [1.54, 1.807) is 10.8 Å². The number of nitrogens with one attached hydrogen (secondary N) is 1. The maximum Gasteiger partial charge on any atom is 0.350 e. The second-order valence-corrected chi connectivity index (χ2v) is 7.68. The Morgan fingerprint density at radius 2 is 2.11 bits per heavy atom. The Labute approximate surface area is 168 Å². The Hall–Kier alpha value is -2.25. The highest BCUT2D eigenvalue weighted by atomic mass is 35.5. The van der Waals surface area contributed by atoms with Crippen molar-refractivity contribution in [1.29, 1.82) is 0 Å². The molecule has 1 aromatic carbocycles. The lowest BCUT2D eigenvalue weighted by atomic mass is 9.86. The molecule has 1 aliphatic carbocycles. The van der Waals surface area contributed by atoms with Crippen LogP contribution >= 0.6 is 11.6 Å². The predicted molar refractivity (Wildman–Crippen MR) is 109 cm³/mol. The van der Waals surface area contributed by atoms with Crippen LogP contribution in [-0.2, 0) is 0 Å². The molecule has 4 rings (SSSR count). The minimum atomic E-state index is -0.268. The van der Waals surface area contributed by atoms with Gasteiger partial charge in [-0.05, 0) is 56.7 Å². The number of para-hydroxylation sites is 1. The average Bonchev–Trinajstić information content (AvgIpc) is 2.72. The zero-order valence-corrected chi connectivity index (χ0v) is 16.5. The third-order valence-corrected chi connectivity index (χ3v) is 5.72. The summed E-state index contributed by atoms with van der Waals surface area (Å²) in [5.74, 6) is 3.35. The number of benzene rings is 1. The van der Waals surface area contributed by atoms with Gasteiger partial charge in [0.15, 0.2) is 17.3 Å². The van der Waals surface area contributed by atoms with Gasteiger partial charge in [0.1, 0.15) is 11.4 Å². The van der Waals surface area contributed by atoms with Crippen molar-refractivity contribution >= 4 is 23.1 Å². The molecular formula is C20H25ClN4O3. The smallest absolute Gasteiger partial charge is 0.350 e. The highest BCUT2D eigenvalue weighted by Crippen LogP contribution is 2.45. The number of alkyl halides is 1. The molecule has 150 valence electrons. The summed E-state index contributed by atoms with van der Waals surface area (Å²) in [6, 6.07) is 5.73. The first kappa shape index (κ1) is 19.1. The number of nitrogens with two attached hydrogens (primary N) is 1. The molecule has 0 unspecified atom stereocenters. The van der Waals surface area contributed by atoms with Gasteiger partial charge >= 0.3 is 5.69 Å². The van der Waals surface area contributed by atoms with Crippen molar-refractivity contribution < 1.29 is 9.47 Å². The van der Waals surface area contributed by atoms with Gasteiger partial charge in [0.25, 0.3) is 0 Å². The third-order valence-electron chi connectivity index (χ3n) is 5.45. The van der Waals surface area contributed by atoms with Crippen LogP contribution in [0.5, 0.6) is 17.2 Å². The molecule has 1 aliphatic heterocycles. The molecular weight excluding hydrogens is 380 g/mol. The number of fused-ring (bicyclic) bond motifs is 2. The van der Waals surface area contributed by atoms with E-state index >= 15 is 0 Å². The van der Waals surface area contributed by atoms with E-state index in [9.17, 15) is 4.79 Å². The summed E-state index contributed by atoms with van der Waals surface area (Å²) in [5, 5.41) is 3.20. The minimum Gasteiger partial charge on any atom is -0.491 e. The lowest BCUT2D eigenvalue weighted by Gasteiger charge is -2.30. The highest BCUT2D eigenvalue weighted by Gasteiger charge is 2.26. The van der Waals surface area contributed by atoms with E-state index in [0.717, 1.165) is 32.1 Å². The van der Waals surface area contributed by atoms with Gasteiger partial charge in [0.05, 0.1) is 12.8 Å². The van der Waals surface area contributed by atoms with Gasteiger partial charge in [-0.15, -0.1) is 11.6 Å². The summed E-state index contributed by atoms with van der Waals surface area (Å²) in [6.07, 6.45) is 6.47. The van der Waals surface area contributed by atoms with Crippen molar-refractivity contribution in [2.75, 3.05) is 24.3 Å². The lowest BCUT2D eigenvalue weighted by molar-refractivity contribution is 0.271. The summed E-state index contributed by atoms with van der Waals surface area (Å²) >= 11 is 5.72. The molecule has 0 radical (unpaired) electrons. The second-order valence-electron chi connectivity index (χ2n) is 7.30. The molecule has 28 heavy (non-hydrogen) atoms. The van der Waals surface area contributed by atoms with Crippen LogP contribution in [0.1, 0.15) is 38.1 Å². The molecule has 0 amide bonds. The number of rotatable bonds is 6. The number of aromatic nitrogens is 2. The molecule has 1 fully saturated rings. The van der Waals surface area contributed by atoms with E-state index < -0.39 is 0 Å². The zero-order valence-electron chi connectivity index (χ0n) is 15.7. The topological polar surface area (TPSA) is 91.4 Å². The molecule has 0 saturated heterocycles. The van der Waals surface area contributed by atoms with E-state index in [1.807, 2.05) is 18.2 Å². The summed E-state index contributed by atoms with van der Waals surface area (Å²) in [6.45, 7) is 1.22. The molecule has 2 aromatic rings. The number of ether oxygens (including phenoxy) is 2. The number of nitrogens with zero attached hydrogens (tertiary/aromatic N) is 2. The van der Waals surface area contributed by atoms with Crippen LogP contribution in [0.2, 0.25) is 0 Å². The van der Waals surface area contributed by atoms with Crippen LogP contribution in [0.15, 0.2) is 29.2 Å². The predicted octanol–water partition coefficient (Wildman–Crippen LogP) is 3.79. The van der Waals surface area contributed by atoms with Crippen molar-refractivity contribution in [2.24, 2.45) is 11.7 Å². The molecule has 3 N–H and O–H groups in total. The number of halogens is 1. The molecule has 1 saturated carbocycles. The first-order valence-electron chi connectivity index (χ1n) is 9.79. The quantitative estimate of drug-likeness (QED) is 0.479.